The molecule has 3 rings (SSSR count). The van der Waals surface area contributed by atoms with Crippen LogP contribution in [0.2, 0.25) is 0 Å². The summed E-state index contributed by atoms with van der Waals surface area (Å²) < 4.78 is 5.22. The number of methoxy groups -OCH3 is 1. The van der Waals surface area contributed by atoms with Crippen LogP contribution >= 0.6 is 0 Å². The lowest BCUT2D eigenvalue weighted by Gasteiger charge is -2.43. The Labute approximate surface area is 153 Å². The van der Waals surface area contributed by atoms with Gasteiger partial charge in [0, 0.05) is 5.92 Å². The second-order valence-corrected chi connectivity index (χ2v) is 7.01. The Hall–Kier alpha value is -3.23. The highest BCUT2D eigenvalue weighted by Crippen LogP contribution is 2.55. The third-order valence-electron chi connectivity index (χ3n) is 5.57. The van der Waals surface area contributed by atoms with Crippen LogP contribution in [0.1, 0.15) is 31.2 Å². The molecule has 0 heterocycles. The van der Waals surface area contributed by atoms with Crippen molar-refractivity contribution in [3.05, 3.63) is 52.7 Å². The van der Waals surface area contributed by atoms with Crippen LogP contribution in [0.3, 0.4) is 0 Å². The Morgan fingerprint density at radius 2 is 1.81 bits per heavy atom. The number of nitrogens with two attached hydrogens (primary N) is 1. The molecule has 2 N–H and O–H groups in total. The van der Waals surface area contributed by atoms with Crippen LogP contribution in [0.15, 0.2) is 47.2 Å². The van der Waals surface area contributed by atoms with Crippen LogP contribution in [0.5, 0.6) is 5.75 Å². The molecule has 0 amide bonds. The van der Waals surface area contributed by atoms with E-state index in [0.717, 1.165) is 29.7 Å². The Kier molecular flexibility index (Phi) is 4.45. The quantitative estimate of drug-likeness (QED) is 0.826. The Morgan fingerprint density at radius 3 is 2.35 bits per heavy atom. The average Bonchev–Trinajstić information content (AvgIpc) is 2.68. The lowest BCUT2D eigenvalue weighted by molar-refractivity contribution is 0.334. The normalized spacial score (nSPS) is 26.6. The molecule has 5 nitrogen and oxygen atoms in total. The van der Waals surface area contributed by atoms with E-state index in [1.165, 1.54) is 0 Å². The standard InChI is InChI=1S/C21H20N4O/c1-13-3-8-18-16(9-13)19(14-4-6-15(26-2)7-5-14)17(10-22)20(25)21(18,11-23)12-24/h4-8,13,16,19H,3,9,25H2,1-2H3. The Bertz CT molecular complexity index is 891. The molecule has 130 valence electrons. The molecule has 2 aliphatic rings. The minimum atomic E-state index is -1.54. The van der Waals surface area contributed by atoms with Gasteiger partial charge in [-0.15, -0.1) is 0 Å². The van der Waals surface area contributed by atoms with Crippen molar-refractivity contribution in [3.63, 3.8) is 0 Å². The smallest absolute Gasteiger partial charge is 0.204 e. The molecule has 3 atom stereocenters. The van der Waals surface area contributed by atoms with Gasteiger partial charge in [-0.1, -0.05) is 25.1 Å². The van der Waals surface area contributed by atoms with Crippen LogP contribution in [-0.2, 0) is 0 Å². The molecule has 0 fully saturated rings. The average molecular weight is 344 g/mol. The van der Waals surface area contributed by atoms with E-state index >= 15 is 0 Å². The van der Waals surface area contributed by atoms with E-state index in [1.54, 1.807) is 7.11 Å². The summed E-state index contributed by atoms with van der Waals surface area (Å²) in [5.74, 6) is 0.804. The number of benzene rings is 1. The van der Waals surface area contributed by atoms with Crippen molar-refractivity contribution in [2.45, 2.75) is 25.7 Å². The number of nitrogens with zero attached hydrogens (tertiary/aromatic N) is 3. The van der Waals surface area contributed by atoms with E-state index in [4.69, 9.17) is 10.5 Å². The largest absolute Gasteiger partial charge is 0.497 e. The highest BCUT2D eigenvalue weighted by Gasteiger charge is 2.52. The maximum Gasteiger partial charge on any atom is 0.204 e. The van der Waals surface area contributed by atoms with Gasteiger partial charge in [-0.25, -0.2) is 0 Å². The van der Waals surface area contributed by atoms with E-state index in [0.29, 0.717) is 11.5 Å². The third-order valence-corrected chi connectivity index (χ3v) is 5.57. The fourth-order valence-corrected chi connectivity index (χ4v) is 4.22. The Morgan fingerprint density at radius 1 is 1.15 bits per heavy atom. The van der Waals surface area contributed by atoms with Crippen molar-refractivity contribution >= 4 is 0 Å². The first kappa shape index (κ1) is 17.6. The summed E-state index contributed by atoms with van der Waals surface area (Å²) in [6.45, 7) is 2.15. The summed E-state index contributed by atoms with van der Waals surface area (Å²) in [6.07, 6.45) is 3.61. The highest BCUT2D eigenvalue weighted by molar-refractivity contribution is 5.58. The molecular formula is C21H20N4O. The van der Waals surface area contributed by atoms with Crippen molar-refractivity contribution < 1.29 is 4.74 Å². The van der Waals surface area contributed by atoms with Crippen molar-refractivity contribution in [3.8, 4) is 24.0 Å². The fourth-order valence-electron chi connectivity index (χ4n) is 4.22. The predicted octanol–water partition coefficient (Wildman–Crippen LogP) is 3.53. The first-order valence-corrected chi connectivity index (χ1v) is 8.59. The molecular weight excluding hydrogens is 324 g/mol. The summed E-state index contributed by atoms with van der Waals surface area (Å²) in [5.41, 5.74) is 6.81. The zero-order chi connectivity index (χ0) is 18.9. The maximum absolute atomic E-state index is 9.82. The van der Waals surface area contributed by atoms with Crippen LogP contribution in [0.4, 0.5) is 0 Å². The van der Waals surface area contributed by atoms with Gasteiger partial charge in [0.1, 0.15) is 5.75 Å². The number of fused-ring (bicyclic) bond motifs is 1. The van der Waals surface area contributed by atoms with Gasteiger partial charge in [0.25, 0.3) is 0 Å². The zero-order valence-electron chi connectivity index (χ0n) is 14.9. The summed E-state index contributed by atoms with van der Waals surface area (Å²) in [6, 6.07) is 14.0. The minimum absolute atomic E-state index is 0.0721. The molecule has 1 aromatic carbocycles. The lowest BCUT2D eigenvalue weighted by atomic mass is 9.57. The topological polar surface area (TPSA) is 107 Å². The van der Waals surface area contributed by atoms with E-state index in [-0.39, 0.29) is 17.5 Å². The number of nitriles is 3. The van der Waals surface area contributed by atoms with Gasteiger partial charge in [-0.05, 0) is 47.9 Å². The molecule has 0 aliphatic heterocycles. The van der Waals surface area contributed by atoms with Crippen LogP contribution in [0.25, 0.3) is 0 Å². The number of ether oxygens (including phenoxy) is 1. The van der Waals surface area contributed by atoms with Gasteiger partial charge in [-0.3, -0.25) is 0 Å². The van der Waals surface area contributed by atoms with Crippen molar-refractivity contribution in [1.82, 2.24) is 0 Å². The molecule has 0 spiro atoms. The SMILES string of the molecule is COc1ccc(C2C(C#N)=C(N)C(C#N)(C#N)C3=CCC(C)CC32)cc1. The summed E-state index contributed by atoms with van der Waals surface area (Å²) in [5, 5.41) is 29.4. The number of allylic oxidation sites excluding steroid dienone is 3. The van der Waals surface area contributed by atoms with Gasteiger partial charge in [0.05, 0.1) is 36.6 Å². The number of rotatable bonds is 2. The second kappa shape index (κ2) is 6.58. The van der Waals surface area contributed by atoms with Gasteiger partial charge in [-0.2, -0.15) is 15.8 Å². The first-order valence-electron chi connectivity index (χ1n) is 8.59. The molecule has 5 heteroatoms. The van der Waals surface area contributed by atoms with Gasteiger partial charge in [0.2, 0.25) is 5.41 Å². The maximum atomic E-state index is 9.82. The molecule has 0 saturated carbocycles. The summed E-state index contributed by atoms with van der Waals surface area (Å²) in [7, 11) is 1.60. The number of hydrogen-bond acceptors (Lipinski definition) is 5. The van der Waals surface area contributed by atoms with Crippen LogP contribution < -0.4 is 10.5 Å². The second-order valence-electron chi connectivity index (χ2n) is 7.01. The third kappa shape index (κ3) is 2.43. The summed E-state index contributed by atoms with van der Waals surface area (Å²) in [4.78, 5) is 0. The van der Waals surface area contributed by atoms with E-state index in [9.17, 15) is 15.8 Å². The molecule has 1 aromatic rings. The summed E-state index contributed by atoms with van der Waals surface area (Å²) >= 11 is 0. The monoisotopic (exact) mass is 344 g/mol. The minimum Gasteiger partial charge on any atom is -0.497 e. The van der Waals surface area contributed by atoms with Crippen molar-refractivity contribution in [1.29, 1.82) is 15.8 Å². The van der Waals surface area contributed by atoms with E-state index in [1.807, 2.05) is 30.3 Å². The molecule has 2 aliphatic carbocycles. The van der Waals surface area contributed by atoms with Crippen molar-refractivity contribution in [2.75, 3.05) is 7.11 Å². The Balaban J connectivity index is 2.26. The lowest BCUT2D eigenvalue weighted by Crippen LogP contribution is -2.41. The number of hydrogen-bond donors (Lipinski definition) is 1. The molecule has 3 unspecified atom stereocenters. The predicted molar refractivity (Wildman–Crippen MR) is 96.2 cm³/mol. The fraction of sp³-hybridized carbons (Fsp3) is 0.381. The highest BCUT2D eigenvalue weighted by atomic mass is 16.5. The van der Waals surface area contributed by atoms with Gasteiger partial charge >= 0.3 is 0 Å². The van der Waals surface area contributed by atoms with E-state index in [2.05, 4.69) is 25.1 Å². The van der Waals surface area contributed by atoms with Crippen LogP contribution in [-0.4, -0.2) is 7.11 Å². The molecule has 0 radical (unpaired) electrons. The van der Waals surface area contributed by atoms with Gasteiger partial charge < -0.3 is 10.5 Å². The zero-order valence-corrected chi connectivity index (χ0v) is 14.9. The van der Waals surface area contributed by atoms with Crippen molar-refractivity contribution in [2.24, 2.45) is 23.0 Å². The molecule has 0 aromatic heterocycles. The molecule has 0 saturated heterocycles. The first-order chi connectivity index (χ1) is 12.5. The van der Waals surface area contributed by atoms with Gasteiger partial charge in [0.15, 0.2) is 0 Å². The van der Waals surface area contributed by atoms with Crippen LogP contribution in [0, 0.1) is 51.2 Å². The van der Waals surface area contributed by atoms with E-state index < -0.39 is 5.41 Å². The molecule has 0 bridgehead atoms. The molecule has 26 heavy (non-hydrogen) atoms.